The van der Waals surface area contributed by atoms with Crippen LogP contribution in [0, 0.1) is 0 Å². The van der Waals surface area contributed by atoms with Crippen molar-refractivity contribution in [3.05, 3.63) is 51.0 Å². The van der Waals surface area contributed by atoms with Gasteiger partial charge in [-0.3, -0.25) is 4.79 Å². The van der Waals surface area contributed by atoms with Crippen LogP contribution in [-0.2, 0) is 11.2 Å². The van der Waals surface area contributed by atoms with E-state index in [4.69, 9.17) is 9.26 Å². The summed E-state index contributed by atoms with van der Waals surface area (Å²) in [5.74, 6) is 1.81. The maximum atomic E-state index is 12.4. The molecule has 2 aromatic heterocycles. The summed E-state index contributed by atoms with van der Waals surface area (Å²) in [7, 11) is 0. The van der Waals surface area contributed by atoms with E-state index in [9.17, 15) is 4.79 Å². The Labute approximate surface area is 162 Å². The van der Waals surface area contributed by atoms with Gasteiger partial charge >= 0.3 is 0 Å². The molecule has 0 saturated heterocycles. The van der Waals surface area contributed by atoms with E-state index in [-0.39, 0.29) is 11.9 Å². The summed E-state index contributed by atoms with van der Waals surface area (Å²) in [6.45, 7) is 0.591. The number of amides is 1. The normalized spacial score (nSPS) is 16.0. The van der Waals surface area contributed by atoms with Gasteiger partial charge in [0.05, 0.1) is 12.6 Å². The van der Waals surface area contributed by atoms with E-state index in [1.165, 1.54) is 0 Å². The van der Waals surface area contributed by atoms with E-state index >= 15 is 0 Å². The maximum absolute atomic E-state index is 12.4. The maximum Gasteiger partial charge on any atom is 0.227 e. The molecule has 0 aliphatic carbocycles. The molecule has 4 rings (SSSR count). The number of aryl methyl sites for hydroxylation is 1. The fourth-order valence-corrected chi connectivity index (χ4v) is 3.88. The summed E-state index contributed by atoms with van der Waals surface area (Å²) in [4.78, 5) is 16.7. The van der Waals surface area contributed by atoms with Crippen molar-refractivity contribution in [2.75, 3.05) is 6.61 Å². The third-order valence-corrected chi connectivity index (χ3v) is 5.34. The molecule has 134 valence electrons. The predicted octanol–water partition coefficient (Wildman–Crippen LogP) is 4.13. The molecule has 3 heterocycles. The third kappa shape index (κ3) is 3.81. The molecular formula is C18H16BrN3O3S. The lowest BCUT2D eigenvalue weighted by molar-refractivity contribution is -0.122. The molecular weight excluding hydrogens is 418 g/mol. The molecule has 1 unspecified atom stereocenters. The zero-order valence-corrected chi connectivity index (χ0v) is 16.2. The number of aromatic nitrogens is 2. The average molecular weight is 434 g/mol. The number of carbonyl (C=O) groups is 1. The van der Waals surface area contributed by atoms with Crippen LogP contribution in [0.3, 0.4) is 0 Å². The van der Waals surface area contributed by atoms with Crippen molar-refractivity contribution in [2.45, 2.75) is 25.3 Å². The molecule has 1 atom stereocenters. The highest BCUT2D eigenvalue weighted by Crippen LogP contribution is 2.34. The van der Waals surface area contributed by atoms with Crippen LogP contribution in [0.15, 0.2) is 44.0 Å². The third-order valence-electron chi connectivity index (χ3n) is 4.16. The molecule has 0 fully saturated rings. The quantitative estimate of drug-likeness (QED) is 0.654. The van der Waals surface area contributed by atoms with E-state index in [1.54, 1.807) is 11.3 Å². The van der Waals surface area contributed by atoms with Crippen molar-refractivity contribution in [1.29, 1.82) is 0 Å². The van der Waals surface area contributed by atoms with Crippen LogP contribution in [-0.4, -0.2) is 22.7 Å². The minimum Gasteiger partial charge on any atom is -0.493 e. The summed E-state index contributed by atoms with van der Waals surface area (Å²) < 4.78 is 11.9. The lowest BCUT2D eigenvalue weighted by Crippen LogP contribution is -2.32. The van der Waals surface area contributed by atoms with E-state index in [0.717, 1.165) is 27.8 Å². The number of thiophene rings is 1. The van der Waals surface area contributed by atoms with E-state index in [2.05, 4.69) is 31.4 Å². The highest BCUT2D eigenvalue weighted by Gasteiger charge is 2.23. The molecule has 26 heavy (non-hydrogen) atoms. The number of hydrogen-bond donors (Lipinski definition) is 1. The van der Waals surface area contributed by atoms with Gasteiger partial charge in [-0.2, -0.15) is 16.3 Å². The fraction of sp³-hybridized carbons (Fsp3) is 0.278. The number of carbonyl (C=O) groups excluding carboxylic acids is 1. The first-order chi connectivity index (χ1) is 12.7. The number of fused-ring (bicyclic) bond motifs is 1. The second kappa shape index (κ2) is 7.59. The Balaban J connectivity index is 1.36. The number of rotatable bonds is 5. The first kappa shape index (κ1) is 17.2. The van der Waals surface area contributed by atoms with Gasteiger partial charge in [0, 0.05) is 40.2 Å². The lowest BCUT2D eigenvalue weighted by atomic mass is 10.0. The average Bonchev–Trinajstić information content (AvgIpc) is 3.32. The zero-order chi connectivity index (χ0) is 17.9. The molecule has 1 aliphatic rings. The summed E-state index contributed by atoms with van der Waals surface area (Å²) in [5, 5.41) is 11.0. The highest BCUT2D eigenvalue weighted by molar-refractivity contribution is 9.10. The first-order valence-electron chi connectivity index (χ1n) is 8.26. The van der Waals surface area contributed by atoms with Crippen molar-refractivity contribution in [3.63, 3.8) is 0 Å². The van der Waals surface area contributed by atoms with Gasteiger partial charge in [-0.1, -0.05) is 21.1 Å². The SMILES string of the molecule is O=C(CCc1nc(-c2ccsc2)no1)NC1CCOc2ccc(Br)cc21. The summed E-state index contributed by atoms with van der Waals surface area (Å²) in [6, 6.07) is 7.73. The molecule has 1 aromatic carbocycles. The van der Waals surface area contributed by atoms with Gasteiger partial charge in [0.15, 0.2) is 0 Å². The summed E-state index contributed by atoms with van der Waals surface area (Å²) in [6.07, 6.45) is 1.46. The highest BCUT2D eigenvalue weighted by atomic mass is 79.9. The van der Waals surface area contributed by atoms with Crippen LogP contribution in [0.1, 0.15) is 30.3 Å². The molecule has 1 aliphatic heterocycles. The smallest absolute Gasteiger partial charge is 0.227 e. The Kier molecular flexibility index (Phi) is 5.03. The number of hydrogen-bond acceptors (Lipinski definition) is 6. The minimum atomic E-state index is -0.0483. The van der Waals surface area contributed by atoms with Crippen LogP contribution in [0.5, 0.6) is 5.75 Å². The topological polar surface area (TPSA) is 77.2 Å². The Bertz CT molecular complexity index is 910. The molecule has 0 spiro atoms. The van der Waals surface area contributed by atoms with Gasteiger partial charge in [-0.15, -0.1) is 0 Å². The Morgan fingerprint density at radius 3 is 3.15 bits per heavy atom. The van der Waals surface area contributed by atoms with Crippen LogP contribution in [0.2, 0.25) is 0 Å². The van der Waals surface area contributed by atoms with Gasteiger partial charge in [0.2, 0.25) is 17.6 Å². The Morgan fingerprint density at radius 2 is 2.31 bits per heavy atom. The Hall–Kier alpha value is -2.19. The summed E-state index contributed by atoms with van der Waals surface area (Å²) in [5.41, 5.74) is 1.93. The second-order valence-corrected chi connectivity index (χ2v) is 7.66. The molecule has 6 nitrogen and oxygen atoms in total. The van der Waals surface area contributed by atoms with E-state index in [1.807, 2.05) is 35.0 Å². The largest absolute Gasteiger partial charge is 0.493 e. The molecule has 0 radical (unpaired) electrons. The van der Waals surface area contributed by atoms with Crippen LogP contribution in [0.4, 0.5) is 0 Å². The van der Waals surface area contributed by atoms with Gasteiger partial charge < -0.3 is 14.6 Å². The van der Waals surface area contributed by atoms with E-state index in [0.29, 0.717) is 31.2 Å². The summed E-state index contributed by atoms with van der Waals surface area (Å²) >= 11 is 5.05. The molecule has 0 bridgehead atoms. The van der Waals surface area contributed by atoms with Gasteiger partial charge in [0.25, 0.3) is 0 Å². The number of nitrogens with zero attached hydrogens (tertiary/aromatic N) is 2. The van der Waals surface area contributed by atoms with Crippen molar-refractivity contribution < 1.29 is 14.1 Å². The molecule has 3 aromatic rings. The number of halogens is 1. The number of ether oxygens (including phenoxy) is 1. The molecule has 0 saturated carbocycles. The first-order valence-corrected chi connectivity index (χ1v) is 9.99. The number of benzene rings is 1. The molecule has 1 N–H and O–H groups in total. The van der Waals surface area contributed by atoms with Gasteiger partial charge in [-0.05, 0) is 29.6 Å². The minimum absolute atomic E-state index is 0.0434. The van der Waals surface area contributed by atoms with Gasteiger partial charge in [-0.25, -0.2) is 0 Å². The number of nitrogens with one attached hydrogen (secondary N) is 1. The van der Waals surface area contributed by atoms with E-state index < -0.39 is 0 Å². The van der Waals surface area contributed by atoms with Crippen molar-refractivity contribution >= 4 is 33.2 Å². The van der Waals surface area contributed by atoms with Gasteiger partial charge in [0.1, 0.15) is 5.75 Å². The predicted molar refractivity (Wildman–Crippen MR) is 101 cm³/mol. The molecule has 1 amide bonds. The lowest BCUT2D eigenvalue weighted by Gasteiger charge is -2.26. The van der Waals surface area contributed by atoms with Crippen LogP contribution < -0.4 is 10.1 Å². The van der Waals surface area contributed by atoms with Crippen molar-refractivity contribution in [1.82, 2.24) is 15.5 Å². The Morgan fingerprint density at radius 1 is 1.38 bits per heavy atom. The van der Waals surface area contributed by atoms with Crippen LogP contribution in [0.25, 0.3) is 11.4 Å². The monoisotopic (exact) mass is 433 g/mol. The van der Waals surface area contributed by atoms with Crippen molar-refractivity contribution in [2.24, 2.45) is 0 Å². The second-order valence-electron chi connectivity index (χ2n) is 5.96. The van der Waals surface area contributed by atoms with Crippen molar-refractivity contribution in [3.8, 4) is 17.1 Å². The molecule has 8 heteroatoms. The van der Waals surface area contributed by atoms with Crippen LogP contribution >= 0.6 is 27.3 Å². The fourth-order valence-electron chi connectivity index (χ4n) is 2.87. The zero-order valence-electron chi connectivity index (χ0n) is 13.8. The standard InChI is InChI=1S/C18H16BrN3O3S/c19-12-1-2-15-13(9-12)14(5-7-24-15)20-16(23)3-4-17-21-18(22-25-17)11-6-8-26-10-11/h1-2,6,8-10,14H,3-5,7H2,(H,20,23).